The molecule has 0 saturated carbocycles. The molecule has 0 bridgehead atoms. The molecule has 4 rings (SSSR count). The summed E-state index contributed by atoms with van der Waals surface area (Å²) in [5.74, 6) is -0.0915. The lowest BCUT2D eigenvalue weighted by Gasteiger charge is -2.40. The van der Waals surface area contributed by atoms with E-state index in [-0.39, 0.29) is 11.8 Å². The van der Waals surface area contributed by atoms with E-state index in [2.05, 4.69) is 48.4 Å². The molecule has 1 atom stereocenters. The topological polar surface area (TPSA) is 58.4 Å². The molecule has 6 nitrogen and oxygen atoms in total. The number of carbonyl (C=O) groups excluding carboxylic acids is 2. The molecular weight excluding hydrogens is 400 g/mol. The fourth-order valence-corrected chi connectivity index (χ4v) is 4.32. The van der Waals surface area contributed by atoms with Gasteiger partial charge in [-0.1, -0.05) is 61.5 Å². The maximum Gasteiger partial charge on any atom is 0.258 e. The van der Waals surface area contributed by atoms with Crippen LogP contribution in [0.2, 0.25) is 0 Å². The van der Waals surface area contributed by atoms with E-state index in [1.807, 2.05) is 37.1 Å². The Balaban J connectivity index is 1.59. The molecule has 1 aromatic heterocycles. The van der Waals surface area contributed by atoms with Crippen molar-refractivity contribution in [3.8, 4) is 11.1 Å². The molecule has 1 aliphatic rings. The SMILES string of the molecule is CCCN1CCN(C(=O)c2cnn(C)c2C)[C@H](Cc2ccc(-c3ccccc3)cc2)C1=O. The van der Waals surface area contributed by atoms with E-state index < -0.39 is 6.04 Å². The molecule has 32 heavy (non-hydrogen) atoms. The largest absolute Gasteiger partial charge is 0.339 e. The molecule has 0 unspecified atom stereocenters. The van der Waals surface area contributed by atoms with Crippen LogP contribution in [0, 0.1) is 6.92 Å². The fraction of sp³-hybridized carbons (Fsp3) is 0.346. The quantitative estimate of drug-likeness (QED) is 0.599. The lowest BCUT2D eigenvalue weighted by molar-refractivity contribution is -0.140. The van der Waals surface area contributed by atoms with E-state index in [9.17, 15) is 9.59 Å². The van der Waals surface area contributed by atoms with E-state index in [4.69, 9.17) is 0 Å². The van der Waals surface area contributed by atoms with Crippen molar-refractivity contribution in [2.24, 2.45) is 7.05 Å². The lowest BCUT2D eigenvalue weighted by Crippen LogP contribution is -2.59. The summed E-state index contributed by atoms with van der Waals surface area (Å²) < 4.78 is 1.69. The monoisotopic (exact) mass is 430 g/mol. The van der Waals surface area contributed by atoms with E-state index in [0.29, 0.717) is 25.1 Å². The van der Waals surface area contributed by atoms with Gasteiger partial charge in [-0.2, -0.15) is 5.10 Å². The van der Waals surface area contributed by atoms with Gasteiger partial charge in [-0.3, -0.25) is 14.3 Å². The molecule has 0 N–H and O–H groups in total. The summed E-state index contributed by atoms with van der Waals surface area (Å²) in [5.41, 5.74) is 4.71. The number of aryl methyl sites for hydroxylation is 1. The Hall–Kier alpha value is -3.41. The van der Waals surface area contributed by atoms with Crippen LogP contribution >= 0.6 is 0 Å². The molecule has 0 aliphatic carbocycles. The van der Waals surface area contributed by atoms with Crippen molar-refractivity contribution in [2.45, 2.75) is 32.7 Å². The third-order valence-electron chi connectivity index (χ3n) is 6.29. The highest BCUT2D eigenvalue weighted by Gasteiger charge is 2.38. The van der Waals surface area contributed by atoms with Crippen LogP contribution in [0.15, 0.2) is 60.8 Å². The van der Waals surface area contributed by atoms with Crippen LogP contribution in [0.5, 0.6) is 0 Å². The number of aromatic nitrogens is 2. The summed E-state index contributed by atoms with van der Waals surface area (Å²) in [5, 5.41) is 4.22. The number of hydrogen-bond donors (Lipinski definition) is 0. The Morgan fingerprint density at radius 2 is 1.72 bits per heavy atom. The first-order valence-corrected chi connectivity index (χ1v) is 11.2. The molecule has 0 radical (unpaired) electrons. The third-order valence-corrected chi connectivity index (χ3v) is 6.29. The van der Waals surface area contributed by atoms with Crippen LogP contribution in [0.1, 0.15) is 35.0 Å². The number of rotatable bonds is 6. The summed E-state index contributed by atoms with van der Waals surface area (Å²) in [4.78, 5) is 30.4. The molecular formula is C26H30N4O2. The minimum absolute atomic E-state index is 0.0279. The van der Waals surface area contributed by atoms with Crippen molar-refractivity contribution in [1.29, 1.82) is 0 Å². The number of carbonyl (C=O) groups is 2. The molecule has 3 aromatic rings. The number of nitrogens with zero attached hydrogens (tertiary/aromatic N) is 4. The van der Waals surface area contributed by atoms with Crippen molar-refractivity contribution >= 4 is 11.8 Å². The number of hydrogen-bond acceptors (Lipinski definition) is 3. The van der Waals surface area contributed by atoms with Crippen LogP contribution in [0.3, 0.4) is 0 Å². The van der Waals surface area contributed by atoms with Gasteiger partial charge in [0.05, 0.1) is 11.8 Å². The van der Waals surface area contributed by atoms with Gasteiger partial charge in [-0.05, 0) is 30.0 Å². The van der Waals surface area contributed by atoms with E-state index in [1.54, 1.807) is 15.8 Å². The molecule has 2 amide bonds. The average Bonchev–Trinajstić information content (AvgIpc) is 3.15. The van der Waals surface area contributed by atoms with Crippen LogP contribution in [-0.2, 0) is 18.3 Å². The minimum atomic E-state index is -0.509. The first-order valence-electron chi connectivity index (χ1n) is 11.2. The standard InChI is InChI=1S/C26H30N4O2/c1-4-14-29-15-16-30(25(31)23-18-27-28(3)19(23)2)24(26(29)32)17-20-10-12-22(13-11-20)21-8-6-5-7-9-21/h5-13,18,24H,4,14-17H2,1-3H3/t24-/m1/s1. The maximum atomic E-state index is 13.4. The summed E-state index contributed by atoms with van der Waals surface area (Å²) >= 11 is 0. The number of amides is 2. The number of piperazine rings is 1. The smallest absolute Gasteiger partial charge is 0.258 e. The van der Waals surface area contributed by atoms with Crippen molar-refractivity contribution < 1.29 is 9.59 Å². The summed E-state index contributed by atoms with van der Waals surface area (Å²) in [6.45, 7) is 5.77. The Labute approximate surface area is 189 Å². The molecule has 1 saturated heterocycles. The second-order valence-electron chi connectivity index (χ2n) is 8.37. The molecule has 1 fully saturated rings. The van der Waals surface area contributed by atoms with Gasteiger partial charge in [-0.25, -0.2) is 0 Å². The van der Waals surface area contributed by atoms with Gasteiger partial charge < -0.3 is 9.80 Å². The van der Waals surface area contributed by atoms with Crippen LogP contribution in [-0.4, -0.2) is 57.1 Å². The van der Waals surface area contributed by atoms with Gasteiger partial charge in [0.1, 0.15) is 6.04 Å². The predicted octanol–water partition coefficient (Wildman–Crippen LogP) is 3.70. The predicted molar refractivity (Wildman–Crippen MR) is 125 cm³/mol. The van der Waals surface area contributed by atoms with Crippen molar-refractivity contribution in [3.63, 3.8) is 0 Å². The lowest BCUT2D eigenvalue weighted by atomic mass is 9.97. The Morgan fingerprint density at radius 1 is 1.03 bits per heavy atom. The molecule has 2 aromatic carbocycles. The maximum absolute atomic E-state index is 13.4. The van der Waals surface area contributed by atoms with Gasteiger partial charge in [0.15, 0.2) is 0 Å². The highest BCUT2D eigenvalue weighted by molar-refractivity contribution is 5.99. The Morgan fingerprint density at radius 3 is 2.34 bits per heavy atom. The average molecular weight is 431 g/mol. The van der Waals surface area contributed by atoms with E-state index >= 15 is 0 Å². The zero-order valence-electron chi connectivity index (χ0n) is 19.0. The fourth-order valence-electron chi connectivity index (χ4n) is 4.32. The number of benzene rings is 2. The van der Waals surface area contributed by atoms with Gasteiger partial charge >= 0.3 is 0 Å². The molecule has 2 heterocycles. The van der Waals surface area contributed by atoms with Crippen LogP contribution < -0.4 is 0 Å². The highest BCUT2D eigenvalue weighted by atomic mass is 16.2. The van der Waals surface area contributed by atoms with Crippen molar-refractivity contribution in [2.75, 3.05) is 19.6 Å². The van der Waals surface area contributed by atoms with Gasteiger partial charge in [0.2, 0.25) is 5.91 Å². The highest BCUT2D eigenvalue weighted by Crippen LogP contribution is 2.23. The zero-order chi connectivity index (χ0) is 22.7. The normalized spacial score (nSPS) is 16.5. The van der Waals surface area contributed by atoms with Gasteiger partial charge in [0, 0.05) is 38.8 Å². The Bertz CT molecular complexity index is 1090. The molecule has 0 spiro atoms. The van der Waals surface area contributed by atoms with Gasteiger partial charge in [-0.15, -0.1) is 0 Å². The van der Waals surface area contributed by atoms with E-state index in [0.717, 1.165) is 35.3 Å². The summed E-state index contributed by atoms with van der Waals surface area (Å²) in [6.07, 6.45) is 3.01. The summed E-state index contributed by atoms with van der Waals surface area (Å²) in [7, 11) is 1.82. The third kappa shape index (κ3) is 4.31. The second kappa shape index (κ2) is 9.39. The minimum Gasteiger partial charge on any atom is -0.339 e. The molecule has 1 aliphatic heterocycles. The summed E-state index contributed by atoms with van der Waals surface area (Å²) in [6, 6.07) is 18.0. The van der Waals surface area contributed by atoms with Crippen LogP contribution in [0.25, 0.3) is 11.1 Å². The first kappa shape index (κ1) is 21.8. The molecule has 166 valence electrons. The van der Waals surface area contributed by atoms with Crippen molar-refractivity contribution in [1.82, 2.24) is 19.6 Å². The van der Waals surface area contributed by atoms with Gasteiger partial charge in [0.25, 0.3) is 5.91 Å². The van der Waals surface area contributed by atoms with Crippen LogP contribution in [0.4, 0.5) is 0 Å². The molecule has 6 heteroatoms. The Kier molecular flexibility index (Phi) is 6.40. The second-order valence-corrected chi connectivity index (χ2v) is 8.37. The zero-order valence-corrected chi connectivity index (χ0v) is 19.0. The first-order chi connectivity index (χ1) is 15.5. The van der Waals surface area contributed by atoms with Crippen molar-refractivity contribution in [3.05, 3.63) is 77.6 Å². The van der Waals surface area contributed by atoms with E-state index in [1.165, 1.54) is 0 Å².